The SMILES string of the molecule is CC1(O)CN(Cc2ccc(-c3cc4nccc(Oc5ccc(NC(=O)c6c7c(cn(-c8ccc(F)cc8)c6=O)CCO7)cc5F)c4s3)nc2)C1. The van der Waals surface area contributed by atoms with Crippen molar-refractivity contribution in [2.24, 2.45) is 0 Å². The Bertz CT molecular complexity index is 2330. The van der Waals surface area contributed by atoms with E-state index < -0.39 is 28.7 Å². The van der Waals surface area contributed by atoms with Gasteiger partial charge in [-0.05, 0) is 61.0 Å². The number of likely N-dealkylation sites (tertiary alicyclic amines) is 1. The summed E-state index contributed by atoms with van der Waals surface area (Å²) in [5.41, 5.74) is 2.12. The van der Waals surface area contributed by atoms with Crippen molar-refractivity contribution in [2.75, 3.05) is 25.0 Å². The molecular formula is C37H29F2N5O5S. The highest BCUT2D eigenvalue weighted by molar-refractivity contribution is 7.22. The predicted octanol–water partition coefficient (Wildman–Crippen LogP) is 6.33. The first-order valence-electron chi connectivity index (χ1n) is 15.8. The summed E-state index contributed by atoms with van der Waals surface area (Å²) in [5.74, 6) is -1.45. The first-order valence-corrected chi connectivity index (χ1v) is 16.7. The molecule has 2 aromatic carbocycles. The number of aliphatic hydroxyl groups is 1. The van der Waals surface area contributed by atoms with Crippen LogP contribution in [0.2, 0.25) is 0 Å². The zero-order chi connectivity index (χ0) is 34.6. The first-order chi connectivity index (χ1) is 24.1. The minimum absolute atomic E-state index is 0.0690. The van der Waals surface area contributed by atoms with Crippen molar-refractivity contribution in [1.82, 2.24) is 19.4 Å². The Morgan fingerprint density at radius 1 is 1.06 bits per heavy atom. The van der Waals surface area contributed by atoms with E-state index in [0.717, 1.165) is 22.2 Å². The molecule has 252 valence electrons. The van der Waals surface area contributed by atoms with Crippen LogP contribution in [0.25, 0.3) is 26.5 Å². The van der Waals surface area contributed by atoms with Gasteiger partial charge in [0.05, 0.1) is 33.0 Å². The molecule has 6 aromatic rings. The summed E-state index contributed by atoms with van der Waals surface area (Å²) >= 11 is 1.42. The second kappa shape index (κ2) is 12.4. The van der Waals surface area contributed by atoms with Gasteiger partial charge in [0, 0.05) is 73.7 Å². The van der Waals surface area contributed by atoms with Crippen LogP contribution in [-0.2, 0) is 13.0 Å². The molecule has 2 aliphatic heterocycles. The summed E-state index contributed by atoms with van der Waals surface area (Å²) in [6, 6.07) is 16.8. The van der Waals surface area contributed by atoms with Gasteiger partial charge in [-0.1, -0.05) is 6.07 Å². The number of rotatable bonds is 8. The number of ether oxygens (including phenoxy) is 2. The van der Waals surface area contributed by atoms with Gasteiger partial charge in [-0.2, -0.15) is 0 Å². The molecule has 13 heteroatoms. The van der Waals surface area contributed by atoms with E-state index in [1.54, 1.807) is 18.5 Å². The van der Waals surface area contributed by atoms with E-state index >= 15 is 4.39 Å². The molecule has 1 fully saturated rings. The van der Waals surface area contributed by atoms with Crippen LogP contribution in [0.1, 0.15) is 28.4 Å². The maximum Gasteiger partial charge on any atom is 0.271 e. The molecular weight excluding hydrogens is 665 g/mol. The number of anilines is 1. The highest BCUT2D eigenvalue weighted by Crippen LogP contribution is 2.39. The van der Waals surface area contributed by atoms with Crippen LogP contribution in [0.5, 0.6) is 17.2 Å². The van der Waals surface area contributed by atoms with Gasteiger partial charge in [0.15, 0.2) is 11.6 Å². The number of benzene rings is 2. The molecule has 6 heterocycles. The van der Waals surface area contributed by atoms with Gasteiger partial charge in [0.2, 0.25) is 0 Å². The topological polar surface area (TPSA) is 119 Å². The van der Waals surface area contributed by atoms with Crippen molar-refractivity contribution in [1.29, 1.82) is 0 Å². The van der Waals surface area contributed by atoms with Crippen LogP contribution < -0.4 is 20.3 Å². The molecule has 8 rings (SSSR count). The second-order valence-electron chi connectivity index (χ2n) is 12.6. The normalized spacial score (nSPS) is 15.0. The number of hydrogen-bond donors (Lipinski definition) is 2. The number of thiophene rings is 1. The van der Waals surface area contributed by atoms with Crippen LogP contribution in [0.4, 0.5) is 14.5 Å². The molecule has 1 amide bonds. The maximum absolute atomic E-state index is 15.4. The van der Waals surface area contributed by atoms with E-state index in [2.05, 4.69) is 20.2 Å². The Kier molecular flexibility index (Phi) is 7.89. The van der Waals surface area contributed by atoms with Crippen molar-refractivity contribution in [2.45, 2.75) is 25.5 Å². The molecule has 2 N–H and O–H groups in total. The fourth-order valence-corrected chi connectivity index (χ4v) is 7.34. The Morgan fingerprint density at radius 2 is 1.88 bits per heavy atom. The summed E-state index contributed by atoms with van der Waals surface area (Å²) in [5, 5.41) is 12.6. The van der Waals surface area contributed by atoms with Crippen molar-refractivity contribution in [3.63, 3.8) is 0 Å². The summed E-state index contributed by atoms with van der Waals surface area (Å²) in [6.45, 7) is 4.09. The number of hydrogen-bond acceptors (Lipinski definition) is 9. The molecule has 0 radical (unpaired) electrons. The monoisotopic (exact) mass is 693 g/mol. The van der Waals surface area contributed by atoms with E-state index in [1.165, 1.54) is 52.3 Å². The lowest BCUT2D eigenvalue weighted by molar-refractivity contribution is -0.0871. The summed E-state index contributed by atoms with van der Waals surface area (Å²) < 4.78 is 42.6. The number of halogens is 2. The van der Waals surface area contributed by atoms with Gasteiger partial charge in [-0.15, -0.1) is 11.3 Å². The lowest BCUT2D eigenvalue weighted by Gasteiger charge is -2.44. The molecule has 0 unspecified atom stereocenters. The standard InChI is InChI=1S/C37H29F2N5O5S/c1-37(47)19-43(20-37)17-21-2-8-27(41-16-21)31-15-28-34(50-31)30(10-12-40-28)49-29-9-5-24(14-26(29)39)42-35(45)32-33-22(11-13-48-33)18-44(36(32)46)25-6-3-23(38)4-7-25/h2-10,12,14-16,18,47H,11,13,17,19-20H2,1H3,(H,42,45). The van der Waals surface area contributed by atoms with E-state index in [4.69, 9.17) is 9.47 Å². The van der Waals surface area contributed by atoms with Gasteiger partial charge in [-0.3, -0.25) is 29.0 Å². The van der Waals surface area contributed by atoms with Gasteiger partial charge >= 0.3 is 0 Å². The van der Waals surface area contributed by atoms with Crippen molar-refractivity contribution < 1.29 is 28.2 Å². The van der Waals surface area contributed by atoms with Crippen LogP contribution >= 0.6 is 11.3 Å². The quantitative estimate of drug-likeness (QED) is 0.190. The van der Waals surface area contributed by atoms with Gasteiger partial charge in [-0.25, -0.2) is 8.78 Å². The number of nitrogens with one attached hydrogen (secondary N) is 1. The summed E-state index contributed by atoms with van der Waals surface area (Å²) in [7, 11) is 0. The Morgan fingerprint density at radius 3 is 2.62 bits per heavy atom. The number of aromatic nitrogens is 3. The highest BCUT2D eigenvalue weighted by atomic mass is 32.1. The number of pyridine rings is 3. The molecule has 4 aromatic heterocycles. The van der Waals surface area contributed by atoms with Crippen LogP contribution in [0.3, 0.4) is 0 Å². The molecule has 0 bridgehead atoms. The second-order valence-corrected chi connectivity index (χ2v) is 13.7. The molecule has 2 aliphatic rings. The minimum Gasteiger partial charge on any atom is -0.492 e. The van der Waals surface area contributed by atoms with E-state index in [-0.39, 0.29) is 22.7 Å². The van der Waals surface area contributed by atoms with Gasteiger partial charge < -0.3 is 19.9 Å². The van der Waals surface area contributed by atoms with Crippen LogP contribution in [-0.4, -0.2) is 55.7 Å². The fourth-order valence-electron chi connectivity index (χ4n) is 6.30. The molecule has 0 spiro atoms. The number of carbonyl (C=O) groups is 1. The molecule has 1 saturated heterocycles. The largest absolute Gasteiger partial charge is 0.492 e. The lowest BCUT2D eigenvalue weighted by atomic mass is 9.96. The minimum atomic E-state index is -0.769. The third kappa shape index (κ3) is 6.10. The number of amides is 1. The Hall–Kier alpha value is -5.50. The number of carbonyl (C=O) groups excluding carboxylic acids is 1. The highest BCUT2D eigenvalue weighted by Gasteiger charge is 2.36. The average Bonchev–Trinajstić information content (AvgIpc) is 3.73. The fraction of sp³-hybridized carbons (Fsp3) is 0.189. The third-order valence-corrected chi connectivity index (χ3v) is 9.74. The van der Waals surface area contributed by atoms with Crippen LogP contribution in [0, 0.1) is 11.6 Å². The van der Waals surface area contributed by atoms with Crippen molar-refractivity contribution >= 4 is 33.1 Å². The van der Waals surface area contributed by atoms with Gasteiger partial charge in [0.25, 0.3) is 11.5 Å². The van der Waals surface area contributed by atoms with Gasteiger partial charge in [0.1, 0.15) is 22.9 Å². The summed E-state index contributed by atoms with van der Waals surface area (Å²) in [4.78, 5) is 39.0. The zero-order valence-electron chi connectivity index (χ0n) is 26.7. The lowest BCUT2D eigenvalue weighted by Crippen LogP contribution is -2.59. The smallest absolute Gasteiger partial charge is 0.271 e. The maximum atomic E-state index is 15.4. The molecule has 0 atom stereocenters. The third-order valence-electron chi connectivity index (χ3n) is 8.58. The summed E-state index contributed by atoms with van der Waals surface area (Å²) in [6.07, 6.45) is 5.48. The Balaban J connectivity index is 1.00. The van der Waals surface area contributed by atoms with Crippen LogP contribution in [0.15, 0.2) is 90.1 Å². The Labute approximate surface area is 288 Å². The van der Waals surface area contributed by atoms with E-state index in [1.807, 2.05) is 31.3 Å². The van der Waals surface area contributed by atoms with Crippen molar-refractivity contribution in [3.8, 4) is 33.5 Å². The van der Waals surface area contributed by atoms with E-state index in [9.17, 15) is 19.1 Å². The molecule has 0 aliphatic carbocycles. The molecule has 0 saturated carbocycles. The van der Waals surface area contributed by atoms with Crippen molar-refractivity contribution in [3.05, 3.63) is 124 Å². The van der Waals surface area contributed by atoms with E-state index in [0.29, 0.717) is 59.9 Å². The zero-order valence-corrected chi connectivity index (χ0v) is 27.5. The number of fused-ring (bicyclic) bond motifs is 2. The average molecular weight is 694 g/mol. The first kappa shape index (κ1) is 31.7. The number of β-amino-alcohol motifs (C(OH)–C–C–N with tert-alkyl or cyclic N) is 1. The molecule has 50 heavy (non-hydrogen) atoms. The molecule has 10 nitrogen and oxygen atoms in total. The predicted molar refractivity (Wildman–Crippen MR) is 184 cm³/mol. The number of nitrogens with zero attached hydrogens (tertiary/aromatic N) is 4.